The molecule has 0 spiro atoms. The Balaban J connectivity index is 1.59. The third-order valence-electron chi connectivity index (χ3n) is 4.99. The average molecular weight is 423 g/mol. The lowest BCUT2D eigenvalue weighted by Gasteiger charge is -2.24. The lowest BCUT2D eigenvalue weighted by Crippen LogP contribution is -2.34. The molecule has 1 saturated heterocycles. The summed E-state index contributed by atoms with van der Waals surface area (Å²) >= 11 is 0. The summed E-state index contributed by atoms with van der Waals surface area (Å²) in [6.07, 6.45) is 3.73. The molecule has 2 heterocycles. The number of rotatable bonds is 6. The number of piperidine rings is 1. The fraction of sp³-hybridized carbons (Fsp3) is 0.348. The van der Waals surface area contributed by atoms with Crippen molar-refractivity contribution >= 4 is 28.4 Å². The quantitative estimate of drug-likeness (QED) is 0.559. The minimum Gasteiger partial charge on any atom is -0.488 e. The number of fused-ring (bicyclic) bond motifs is 1. The van der Waals surface area contributed by atoms with Crippen molar-refractivity contribution in [2.75, 3.05) is 18.4 Å². The number of amides is 1. The second-order valence-corrected chi connectivity index (χ2v) is 7.94. The molecule has 0 radical (unpaired) electrons. The van der Waals surface area contributed by atoms with E-state index in [0.29, 0.717) is 22.9 Å². The molecule has 7 nitrogen and oxygen atoms in total. The third kappa shape index (κ3) is 5.27. The molecule has 1 aromatic heterocycles. The first-order valence-electron chi connectivity index (χ1n) is 10.5. The number of nitrogens with one attached hydrogen (secondary N) is 3. The van der Waals surface area contributed by atoms with Crippen LogP contribution in [0.15, 0.2) is 42.6 Å². The van der Waals surface area contributed by atoms with E-state index in [0.717, 1.165) is 31.3 Å². The molecule has 162 valence electrons. The van der Waals surface area contributed by atoms with Crippen molar-refractivity contribution < 1.29 is 13.9 Å². The zero-order chi connectivity index (χ0) is 21.8. The van der Waals surface area contributed by atoms with Crippen LogP contribution >= 0.6 is 0 Å². The van der Waals surface area contributed by atoms with Crippen molar-refractivity contribution in [1.29, 1.82) is 0 Å². The van der Waals surface area contributed by atoms with Gasteiger partial charge in [-0.1, -0.05) is 12.1 Å². The molecule has 2 aromatic carbocycles. The van der Waals surface area contributed by atoms with Crippen molar-refractivity contribution in [2.45, 2.75) is 38.8 Å². The molecule has 0 aliphatic carbocycles. The number of aromatic nitrogens is 2. The Kier molecular flexibility index (Phi) is 6.27. The van der Waals surface area contributed by atoms with E-state index < -0.39 is 5.82 Å². The maximum atomic E-state index is 14.1. The number of halogens is 1. The Morgan fingerprint density at radius 1 is 1.23 bits per heavy atom. The molecule has 0 atom stereocenters. The van der Waals surface area contributed by atoms with Crippen LogP contribution in [0.3, 0.4) is 0 Å². The highest BCUT2D eigenvalue weighted by Crippen LogP contribution is 2.27. The molecule has 3 aromatic rings. The largest absolute Gasteiger partial charge is 0.488 e. The van der Waals surface area contributed by atoms with Gasteiger partial charge in [0.2, 0.25) is 5.95 Å². The van der Waals surface area contributed by atoms with E-state index in [4.69, 9.17) is 4.74 Å². The van der Waals surface area contributed by atoms with Crippen molar-refractivity contribution in [3.8, 4) is 5.75 Å². The Morgan fingerprint density at radius 2 is 2.03 bits per heavy atom. The van der Waals surface area contributed by atoms with Crippen LogP contribution in [0.5, 0.6) is 5.75 Å². The number of carbonyl (C=O) groups is 1. The zero-order valence-electron chi connectivity index (χ0n) is 17.6. The Morgan fingerprint density at radius 3 is 2.81 bits per heavy atom. The van der Waals surface area contributed by atoms with Crippen LogP contribution in [0, 0.1) is 5.82 Å². The molecule has 1 aliphatic rings. The first-order valence-corrected chi connectivity index (χ1v) is 10.5. The third-order valence-corrected chi connectivity index (χ3v) is 4.99. The van der Waals surface area contributed by atoms with Gasteiger partial charge in [-0.25, -0.2) is 14.4 Å². The lowest BCUT2D eigenvalue weighted by atomic mass is 10.1. The maximum Gasteiger partial charge on any atom is 0.251 e. The minimum absolute atomic E-state index is 0.0469. The van der Waals surface area contributed by atoms with Gasteiger partial charge in [0.25, 0.3) is 5.91 Å². The number of para-hydroxylation sites is 1. The molecule has 0 unspecified atom stereocenters. The number of carbonyl (C=O) groups excluding carboxylic acids is 1. The van der Waals surface area contributed by atoms with Crippen LogP contribution in [-0.4, -0.2) is 41.1 Å². The highest BCUT2D eigenvalue weighted by molar-refractivity contribution is 5.95. The van der Waals surface area contributed by atoms with Crippen molar-refractivity contribution in [2.24, 2.45) is 0 Å². The van der Waals surface area contributed by atoms with Crippen LogP contribution in [0.25, 0.3) is 10.9 Å². The Labute approximate surface area is 180 Å². The molecule has 4 rings (SSSR count). The molecular formula is C23H26FN5O2. The molecule has 3 N–H and O–H groups in total. The summed E-state index contributed by atoms with van der Waals surface area (Å²) < 4.78 is 20.3. The number of anilines is 2. The Bertz CT molecular complexity index is 1080. The molecule has 1 fully saturated rings. The van der Waals surface area contributed by atoms with Crippen LogP contribution in [0.1, 0.15) is 37.0 Å². The van der Waals surface area contributed by atoms with Gasteiger partial charge in [0.05, 0.1) is 0 Å². The molecule has 0 saturated carbocycles. The van der Waals surface area contributed by atoms with E-state index in [-0.39, 0.29) is 23.6 Å². The van der Waals surface area contributed by atoms with Gasteiger partial charge in [0.1, 0.15) is 23.2 Å². The van der Waals surface area contributed by atoms with E-state index in [1.54, 1.807) is 12.3 Å². The molecule has 0 bridgehead atoms. The summed E-state index contributed by atoms with van der Waals surface area (Å²) in [5.74, 6) is 0.144. The summed E-state index contributed by atoms with van der Waals surface area (Å²) in [6, 6.07) is 9.77. The molecule has 1 aliphatic heterocycles. The van der Waals surface area contributed by atoms with E-state index in [1.807, 2.05) is 32.0 Å². The first kappa shape index (κ1) is 21.0. The minimum atomic E-state index is -0.519. The van der Waals surface area contributed by atoms with Gasteiger partial charge in [-0.05, 0) is 64.0 Å². The van der Waals surface area contributed by atoms with Gasteiger partial charge in [0.15, 0.2) is 0 Å². The van der Waals surface area contributed by atoms with Gasteiger partial charge in [0, 0.05) is 28.9 Å². The summed E-state index contributed by atoms with van der Waals surface area (Å²) in [5.41, 5.74) is 1.31. The molecular weight excluding hydrogens is 397 g/mol. The fourth-order valence-corrected chi connectivity index (χ4v) is 3.54. The average Bonchev–Trinajstić information content (AvgIpc) is 2.74. The number of nitrogens with zero attached hydrogens (tertiary/aromatic N) is 2. The molecule has 1 amide bonds. The van der Waals surface area contributed by atoms with Crippen molar-refractivity contribution in [3.63, 3.8) is 0 Å². The van der Waals surface area contributed by atoms with Crippen molar-refractivity contribution in [1.82, 2.24) is 20.6 Å². The fourth-order valence-electron chi connectivity index (χ4n) is 3.54. The van der Waals surface area contributed by atoms with E-state index in [2.05, 4.69) is 25.9 Å². The SMILES string of the molecule is CC(C)NC(=O)c1cc(F)cc(Nc2ncc3cccc(OC4CCNCC4)c3n2)c1. The smallest absolute Gasteiger partial charge is 0.251 e. The Hall–Kier alpha value is -3.26. The second-order valence-electron chi connectivity index (χ2n) is 7.94. The second kappa shape index (κ2) is 9.26. The van der Waals surface area contributed by atoms with Gasteiger partial charge >= 0.3 is 0 Å². The topological polar surface area (TPSA) is 88.2 Å². The van der Waals surface area contributed by atoms with E-state index in [9.17, 15) is 9.18 Å². The maximum absolute atomic E-state index is 14.1. The number of hydrogen-bond acceptors (Lipinski definition) is 6. The highest BCUT2D eigenvalue weighted by Gasteiger charge is 2.17. The van der Waals surface area contributed by atoms with Crippen LogP contribution in [0.2, 0.25) is 0 Å². The summed E-state index contributed by atoms with van der Waals surface area (Å²) in [6.45, 7) is 5.57. The normalized spacial score (nSPS) is 14.6. The zero-order valence-corrected chi connectivity index (χ0v) is 17.6. The van der Waals surface area contributed by atoms with E-state index >= 15 is 0 Å². The monoisotopic (exact) mass is 423 g/mol. The molecule has 31 heavy (non-hydrogen) atoms. The van der Waals surface area contributed by atoms with E-state index in [1.165, 1.54) is 12.1 Å². The van der Waals surface area contributed by atoms with Crippen LogP contribution in [-0.2, 0) is 0 Å². The van der Waals surface area contributed by atoms with Gasteiger partial charge in [-0.2, -0.15) is 0 Å². The summed E-state index contributed by atoms with van der Waals surface area (Å²) in [5, 5.41) is 9.95. The van der Waals surface area contributed by atoms with Crippen molar-refractivity contribution in [3.05, 3.63) is 54.0 Å². The predicted molar refractivity (Wildman–Crippen MR) is 118 cm³/mol. The summed E-state index contributed by atoms with van der Waals surface area (Å²) in [7, 11) is 0. The van der Waals surface area contributed by atoms with Crippen LogP contribution in [0.4, 0.5) is 16.0 Å². The predicted octanol–water partition coefficient (Wildman–Crippen LogP) is 3.78. The van der Waals surface area contributed by atoms with Gasteiger partial charge < -0.3 is 20.7 Å². The standard InChI is InChI=1S/C23H26FN5O2/c1-14(2)27-22(30)16-10-17(24)12-18(11-16)28-23-26-13-15-4-3-5-20(21(15)29-23)31-19-6-8-25-9-7-19/h3-5,10-14,19,25H,6-9H2,1-2H3,(H,27,30)(H,26,28,29). The van der Waals surface area contributed by atoms with Gasteiger partial charge in [-0.3, -0.25) is 4.79 Å². The van der Waals surface area contributed by atoms with Gasteiger partial charge in [-0.15, -0.1) is 0 Å². The number of benzene rings is 2. The van der Waals surface area contributed by atoms with Crippen LogP contribution < -0.4 is 20.7 Å². The number of ether oxygens (including phenoxy) is 1. The lowest BCUT2D eigenvalue weighted by molar-refractivity contribution is 0.0942. The summed E-state index contributed by atoms with van der Waals surface area (Å²) in [4.78, 5) is 21.2. The number of hydrogen-bond donors (Lipinski definition) is 3. The highest BCUT2D eigenvalue weighted by atomic mass is 19.1. The first-order chi connectivity index (χ1) is 15.0. The molecule has 8 heteroatoms.